The van der Waals surface area contributed by atoms with Gasteiger partial charge in [-0.25, -0.2) is 0 Å². The molecule has 0 atom stereocenters. The Hall–Kier alpha value is -1.48. The molecule has 16 heavy (non-hydrogen) atoms. The Balaban J connectivity index is 0.000000606. The van der Waals surface area contributed by atoms with Crippen molar-refractivity contribution in [2.24, 2.45) is 0 Å². The Morgan fingerprint density at radius 1 is 1.38 bits per heavy atom. The van der Waals surface area contributed by atoms with Gasteiger partial charge in [0.1, 0.15) is 5.75 Å². The maximum absolute atomic E-state index is 9.26. The minimum Gasteiger partial charge on any atom is -0.496 e. The van der Waals surface area contributed by atoms with Gasteiger partial charge in [0.15, 0.2) is 0 Å². The quantitative estimate of drug-likeness (QED) is 0.818. The molecule has 0 spiro atoms. The molecule has 1 heterocycles. The number of methoxy groups -OCH3 is 1. The number of ether oxygens (including phenoxy) is 1. The first-order valence-corrected chi connectivity index (χ1v) is 5.52. The monoisotopic (exact) mass is 221 g/mol. The van der Waals surface area contributed by atoms with Crippen LogP contribution in [0.15, 0.2) is 18.3 Å². The molecule has 2 aromatic rings. The van der Waals surface area contributed by atoms with Crippen LogP contribution in [0, 0.1) is 6.92 Å². The summed E-state index contributed by atoms with van der Waals surface area (Å²) in [5.41, 5.74) is 3.03. The molecule has 0 aliphatic carbocycles. The molecule has 0 unspecified atom stereocenters. The average Bonchev–Trinajstić information content (AvgIpc) is 2.81. The van der Waals surface area contributed by atoms with Crippen molar-refractivity contribution in [3.63, 3.8) is 0 Å². The van der Waals surface area contributed by atoms with E-state index in [0.717, 1.165) is 27.8 Å². The number of aryl methyl sites for hydroxylation is 1. The molecular formula is C13H19NO2. The van der Waals surface area contributed by atoms with Crippen LogP contribution in [0.4, 0.5) is 0 Å². The second-order valence-corrected chi connectivity index (χ2v) is 3.30. The van der Waals surface area contributed by atoms with E-state index < -0.39 is 0 Å². The van der Waals surface area contributed by atoms with Gasteiger partial charge in [-0.2, -0.15) is 0 Å². The predicted molar refractivity (Wildman–Crippen MR) is 66.9 cm³/mol. The topological polar surface area (TPSA) is 45.2 Å². The van der Waals surface area contributed by atoms with E-state index in [0.29, 0.717) is 0 Å². The lowest BCUT2D eigenvalue weighted by Crippen LogP contribution is -1.94. The van der Waals surface area contributed by atoms with Crippen molar-refractivity contribution in [2.45, 2.75) is 27.4 Å². The fourth-order valence-corrected chi connectivity index (χ4v) is 1.78. The van der Waals surface area contributed by atoms with Crippen LogP contribution < -0.4 is 4.74 Å². The van der Waals surface area contributed by atoms with E-state index in [-0.39, 0.29) is 6.61 Å². The van der Waals surface area contributed by atoms with Crippen LogP contribution in [0.25, 0.3) is 10.9 Å². The standard InChI is InChI=1S/C11H13NO2.C2H6/c1-7-5-10(14-2)9(6-13)8-3-4-12-11(7)8;1-2/h3-5,12-13H,6H2,1-2H3;1-2H3. The van der Waals surface area contributed by atoms with Gasteiger partial charge in [-0.1, -0.05) is 13.8 Å². The van der Waals surface area contributed by atoms with Crippen LogP contribution in [0.5, 0.6) is 5.75 Å². The van der Waals surface area contributed by atoms with Gasteiger partial charge < -0.3 is 14.8 Å². The van der Waals surface area contributed by atoms with Gasteiger partial charge in [-0.3, -0.25) is 0 Å². The van der Waals surface area contributed by atoms with Gasteiger partial charge in [0.05, 0.1) is 13.7 Å². The van der Waals surface area contributed by atoms with Crippen LogP contribution >= 0.6 is 0 Å². The first-order chi connectivity index (χ1) is 7.77. The van der Waals surface area contributed by atoms with Crippen molar-refractivity contribution in [3.05, 3.63) is 29.5 Å². The summed E-state index contributed by atoms with van der Waals surface area (Å²) in [5, 5.41) is 10.3. The smallest absolute Gasteiger partial charge is 0.125 e. The number of aromatic nitrogens is 1. The zero-order chi connectivity index (χ0) is 12.1. The fraction of sp³-hybridized carbons (Fsp3) is 0.385. The molecule has 1 aromatic carbocycles. The molecule has 0 radical (unpaired) electrons. The molecule has 3 heteroatoms. The maximum Gasteiger partial charge on any atom is 0.125 e. The number of aromatic amines is 1. The molecule has 0 aliphatic rings. The Kier molecular flexibility index (Phi) is 4.38. The highest BCUT2D eigenvalue weighted by Crippen LogP contribution is 2.30. The number of hydrogen-bond acceptors (Lipinski definition) is 2. The minimum absolute atomic E-state index is 0.00218. The molecule has 0 saturated carbocycles. The predicted octanol–water partition coefficient (Wildman–Crippen LogP) is 3.00. The van der Waals surface area contributed by atoms with Crippen LogP contribution in [-0.2, 0) is 6.61 Å². The normalized spacial score (nSPS) is 9.81. The van der Waals surface area contributed by atoms with Crippen LogP contribution in [0.2, 0.25) is 0 Å². The third kappa shape index (κ3) is 2.04. The molecule has 0 amide bonds. The van der Waals surface area contributed by atoms with Crippen molar-refractivity contribution in [3.8, 4) is 5.75 Å². The molecule has 2 N–H and O–H groups in total. The van der Waals surface area contributed by atoms with Gasteiger partial charge in [0.2, 0.25) is 0 Å². The number of H-pyrrole nitrogens is 1. The zero-order valence-corrected chi connectivity index (χ0v) is 10.3. The molecule has 0 bridgehead atoms. The van der Waals surface area contributed by atoms with E-state index >= 15 is 0 Å². The van der Waals surface area contributed by atoms with Crippen molar-refractivity contribution >= 4 is 10.9 Å². The van der Waals surface area contributed by atoms with E-state index in [4.69, 9.17) is 4.74 Å². The van der Waals surface area contributed by atoms with E-state index in [1.165, 1.54) is 0 Å². The SMILES string of the molecule is CC.COc1cc(C)c2[nH]ccc2c1CO. The number of aliphatic hydroxyl groups excluding tert-OH is 1. The lowest BCUT2D eigenvalue weighted by molar-refractivity contribution is 0.275. The third-order valence-electron chi connectivity index (χ3n) is 2.49. The van der Waals surface area contributed by atoms with Crippen molar-refractivity contribution in [2.75, 3.05) is 7.11 Å². The second kappa shape index (κ2) is 5.56. The number of rotatable bonds is 2. The molecule has 0 aliphatic heterocycles. The third-order valence-corrected chi connectivity index (χ3v) is 2.49. The molecule has 2 rings (SSSR count). The summed E-state index contributed by atoms with van der Waals surface area (Å²) >= 11 is 0. The van der Waals surface area contributed by atoms with Gasteiger partial charge in [0.25, 0.3) is 0 Å². The highest BCUT2D eigenvalue weighted by molar-refractivity contribution is 5.87. The summed E-state index contributed by atoms with van der Waals surface area (Å²) < 4.78 is 5.22. The molecule has 88 valence electrons. The van der Waals surface area contributed by atoms with Gasteiger partial charge in [-0.15, -0.1) is 0 Å². The molecule has 0 fully saturated rings. The van der Waals surface area contributed by atoms with Gasteiger partial charge in [-0.05, 0) is 24.6 Å². The first kappa shape index (κ1) is 12.6. The highest BCUT2D eigenvalue weighted by Gasteiger charge is 2.10. The zero-order valence-electron chi connectivity index (χ0n) is 10.3. The van der Waals surface area contributed by atoms with Crippen molar-refractivity contribution in [1.82, 2.24) is 4.98 Å². The van der Waals surface area contributed by atoms with Crippen LogP contribution in [-0.4, -0.2) is 17.2 Å². The van der Waals surface area contributed by atoms with E-state index in [9.17, 15) is 5.11 Å². The van der Waals surface area contributed by atoms with Crippen LogP contribution in [0.3, 0.4) is 0 Å². The van der Waals surface area contributed by atoms with E-state index in [1.807, 2.05) is 39.1 Å². The van der Waals surface area contributed by atoms with E-state index in [2.05, 4.69) is 4.98 Å². The van der Waals surface area contributed by atoms with Gasteiger partial charge >= 0.3 is 0 Å². The largest absolute Gasteiger partial charge is 0.496 e. The Labute approximate surface area is 96.1 Å². The van der Waals surface area contributed by atoms with Crippen LogP contribution in [0.1, 0.15) is 25.0 Å². The number of benzene rings is 1. The minimum atomic E-state index is -0.00218. The number of nitrogens with one attached hydrogen (secondary N) is 1. The Morgan fingerprint density at radius 2 is 2.06 bits per heavy atom. The fourth-order valence-electron chi connectivity index (χ4n) is 1.78. The Morgan fingerprint density at radius 3 is 2.62 bits per heavy atom. The lowest BCUT2D eigenvalue weighted by atomic mass is 10.1. The summed E-state index contributed by atoms with van der Waals surface area (Å²) in [5.74, 6) is 0.747. The molecular weight excluding hydrogens is 202 g/mol. The second-order valence-electron chi connectivity index (χ2n) is 3.30. The summed E-state index contributed by atoms with van der Waals surface area (Å²) in [6.07, 6.45) is 1.87. The molecule has 0 saturated heterocycles. The summed E-state index contributed by atoms with van der Waals surface area (Å²) in [7, 11) is 1.62. The first-order valence-electron chi connectivity index (χ1n) is 5.52. The van der Waals surface area contributed by atoms with E-state index in [1.54, 1.807) is 7.11 Å². The molecule has 1 aromatic heterocycles. The Bertz CT molecular complexity index is 460. The number of hydrogen-bond donors (Lipinski definition) is 2. The van der Waals surface area contributed by atoms with Gasteiger partial charge in [0, 0.05) is 22.7 Å². The average molecular weight is 221 g/mol. The lowest BCUT2D eigenvalue weighted by Gasteiger charge is -2.09. The number of fused-ring (bicyclic) bond motifs is 1. The summed E-state index contributed by atoms with van der Waals surface area (Å²) in [4.78, 5) is 3.15. The highest BCUT2D eigenvalue weighted by atomic mass is 16.5. The summed E-state index contributed by atoms with van der Waals surface area (Å²) in [6, 6.07) is 3.89. The van der Waals surface area contributed by atoms with Crippen molar-refractivity contribution in [1.29, 1.82) is 0 Å². The van der Waals surface area contributed by atoms with Crippen molar-refractivity contribution < 1.29 is 9.84 Å². The molecule has 3 nitrogen and oxygen atoms in total. The number of aliphatic hydroxyl groups is 1. The summed E-state index contributed by atoms with van der Waals surface area (Å²) in [6.45, 7) is 6.01. The maximum atomic E-state index is 9.26.